The van der Waals surface area contributed by atoms with Gasteiger partial charge in [-0.15, -0.1) is 0 Å². The van der Waals surface area contributed by atoms with E-state index in [-0.39, 0.29) is 5.91 Å². The van der Waals surface area contributed by atoms with E-state index in [4.69, 9.17) is 4.42 Å². The van der Waals surface area contributed by atoms with Crippen molar-refractivity contribution in [3.05, 3.63) is 78.3 Å². The summed E-state index contributed by atoms with van der Waals surface area (Å²) < 4.78 is 5.79. The summed E-state index contributed by atoms with van der Waals surface area (Å²) in [5.74, 6) is 1.51. The molecule has 0 bridgehead atoms. The molecule has 0 spiro atoms. The van der Waals surface area contributed by atoms with Crippen LogP contribution in [0.4, 0.5) is 0 Å². The number of pyridine rings is 1. The molecule has 25 heavy (non-hydrogen) atoms. The van der Waals surface area contributed by atoms with Gasteiger partial charge in [-0.2, -0.15) is 0 Å². The zero-order valence-corrected chi connectivity index (χ0v) is 14.2. The Bertz CT molecular complexity index is 800. The number of benzene rings is 1. The van der Waals surface area contributed by atoms with Crippen LogP contribution in [0.5, 0.6) is 0 Å². The maximum atomic E-state index is 12.1. The Morgan fingerprint density at radius 2 is 1.84 bits per heavy atom. The largest absolute Gasteiger partial charge is 0.459 e. The maximum absolute atomic E-state index is 12.1. The third-order valence-electron chi connectivity index (χ3n) is 3.80. The molecule has 128 valence electrons. The van der Waals surface area contributed by atoms with Crippen LogP contribution >= 0.6 is 0 Å². The third kappa shape index (κ3) is 5.02. The highest BCUT2D eigenvalue weighted by Crippen LogP contribution is 2.21. The van der Waals surface area contributed by atoms with Gasteiger partial charge in [0.2, 0.25) is 5.91 Å². The van der Waals surface area contributed by atoms with Crippen molar-refractivity contribution in [2.45, 2.75) is 13.1 Å². The zero-order chi connectivity index (χ0) is 17.5. The Morgan fingerprint density at radius 3 is 2.60 bits per heavy atom. The topological polar surface area (TPSA) is 58.4 Å². The SMILES string of the molecule is CN(CC(=O)NCc1ccc(-c2ccccc2)o1)Cc1ccncc1. The Hall–Kier alpha value is -2.92. The molecule has 0 saturated carbocycles. The van der Waals surface area contributed by atoms with E-state index in [2.05, 4.69) is 10.3 Å². The number of aromatic nitrogens is 1. The minimum absolute atomic E-state index is 0.0331. The monoisotopic (exact) mass is 335 g/mol. The summed E-state index contributed by atoms with van der Waals surface area (Å²) in [4.78, 5) is 18.0. The van der Waals surface area contributed by atoms with E-state index in [1.807, 2.05) is 66.5 Å². The van der Waals surface area contributed by atoms with Gasteiger partial charge in [-0.25, -0.2) is 0 Å². The van der Waals surface area contributed by atoms with E-state index in [9.17, 15) is 4.79 Å². The first kappa shape index (κ1) is 16.9. The third-order valence-corrected chi connectivity index (χ3v) is 3.80. The van der Waals surface area contributed by atoms with Gasteiger partial charge in [-0.05, 0) is 36.9 Å². The van der Waals surface area contributed by atoms with Crippen LogP contribution in [0.15, 0.2) is 71.4 Å². The molecule has 0 saturated heterocycles. The molecule has 1 N–H and O–H groups in total. The molecule has 0 unspecified atom stereocenters. The number of rotatable bonds is 7. The fourth-order valence-electron chi connectivity index (χ4n) is 2.57. The second-order valence-corrected chi connectivity index (χ2v) is 5.94. The first-order valence-electron chi connectivity index (χ1n) is 8.19. The summed E-state index contributed by atoms with van der Waals surface area (Å²) in [5, 5.41) is 2.89. The summed E-state index contributed by atoms with van der Waals surface area (Å²) in [5.41, 5.74) is 2.15. The average molecular weight is 335 g/mol. The molecular formula is C20H21N3O2. The number of nitrogens with one attached hydrogen (secondary N) is 1. The average Bonchev–Trinajstić information content (AvgIpc) is 3.10. The fraction of sp³-hybridized carbons (Fsp3) is 0.200. The second-order valence-electron chi connectivity index (χ2n) is 5.94. The van der Waals surface area contributed by atoms with Crippen molar-refractivity contribution in [2.75, 3.05) is 13.6 Å². The van der Waals surface area contributed by atoms with Crippen LogP contribution < -0.4 is 5.32 Å². The van der Waals surface area contributed by atoms with Gasteiger partial charge in [0.25, 0.3) is 0 Å². The number of likely N-dealkylation sites (N-methyl/N-ethyl adjacent to an activating group) is 1. The van der Waals surface area contributed by atoms with E-state index in [0.29, 0.717) is 19.6 Å². The number of hydrogen-bond acceptors (Lipinski definition) is 4. The van der Waals surface area contributed by atoms with Crippen LogP contribution in [0.25, 0.3) is 11.3 Å². The molecule has 1 aromatic carbocycles. The second kappa shape index (κ2) is 8.26. The molecule has 5 heteroatoms. The number of hydrogen-bond donors (Lipinski definition) is 1. The fourth-order valence-corrected chi connectivity index (χ4v) is 2.57. The lowest BCUT2D eigenvalue weighted by Gasteiger charge is -2.15. The van der Waals surface area contributed by atoms with Gasteiger partial charge >= 0.3 is 0 Å². The summed E-state index contributed by atoms with van der Waals surface area (Å²) >= 11 is 0. The molecule has 0 atom stereocenters. The van der Waals surface area contributed by atoms with Crippen LogP contribution in [0.1, 0.15) is 11.3 Å². The van der Waals surface area contributed by atoms with Crippen LogP contribution in [0, 0.1) is 0 Å². The highest BCUT2D eigenvalue weighted by Gasteiger charge is 2.09. The smallest absolute Gasteiger partial charge is 0.234 e. The van der Waals surface area contributed by atoms with Gasteiger partial charge in [0.05, 0.1) is 13.1 Å². The summed E-state index contributed by atoms with van der Waals surface area (Å²) in [6.07, 6.45) is 3.51. The number of nitrogens with zero attached hydrogens (tertiary/aromatic N) is 2. The van der Waals surface area contributed by atoms with Crippen LogP contribution in [0.3, 0.4) is 0 Å². The Kier molecular flexibility index (Phi) is 5.59. The standard InChI is InChI=1S/C20H21N3O2/c1-23(14-16-9-11-21-12-10-16)15-20(24)22-13-18-7-8-19(25-18)17-5-3-2-4-6-17/h2-12H,13-15H2,1H3,(H,22,24). The molecule has 0 fully saturated rings. The maximum Gasteiger partial charge on any atom is 0.234 e. The summed E-state index contributed by atoms with van der Waals surface area (Å²) in [7, 11) is 1.92. The molecule has 1 amide bonds. The molecule has 3 rings (SSSR count). The van der Waals surface area contributed by atoms with Crippen molar-refractivity contribution in [3.8, 4) is 11.3 Å². The van der Waals surface area contributed by atoms with Gasteiger partial charge in [0, 0.05) is 24.5 Å². The van der Waals surface area contributed by atoms with Gasteiger partial charge < -0.3 is 9.73 Å². The molecule has 3 aromatic rings. The lowest BCUT2D eigenvalue weighted by Crippen LogP contribution is -2.34. The Balaban J connectivity index is 1.47. The molecule has 5 nitrogen and oxygen atoms in total. The summed E-state index contributed by atoms with van der Waals surface area (Å²) in [6.45, 7) is 1.41. The van der Waals surface area contributed by atoms with E-state index in [1.54, 1.807) is 12.4 Å². The zero-order valence-electron chi connectivity index (χ0n) is 14.2. The molecule has 0 aliphatic heterocycles. The minimum Gasteiger partial charge on any atom is -0.459 e. The number of carbonyl (C=O) groups excluding carboxylic acids is 1. The Morgan fingerprint density at radius 1 is 1.08 bits per heavy atom. The van der Waals surface area contributed by atoms with E-state index in [1.165, 1.54) is 0 Å². The van der Waals surface area contributed by atoms with Gasteiger partial charge in [0.1, 0.15) is 11.5 Å². The van der Waals surface area contributed by atoms with Crippen LogP contribution in [-0.2, 0) is 17.9 Å². The van der Waals surface area contributed by atoms with Crippen molar-refractivity contribution in [1.29, 1.82) is 0 Å². The molecule has 2 heterocycles. The van der Waals surface area contributed by atoms with Crippen LogP contribution in [0.2, 0.25) is 0 Å². The van der Waals surface area contributed by atoms with E-state index >= 15 is 0 Å². The molecule has 0 radical (unpaired) electrons. The van der Waals surface area contributed by atoms with E-state index in [0.717, 1.165) is 22.6 Å². The van der Waals surface area contributed by atoms with Crippen molar-refractivity contribution >= 4 is 5.91 Å². The minimum atomic E-state index is -0.0331. The van der Waals surface area contributed by atoms with Crippen molar-refractivity contribution in [3.63, 3.8) is 0 Å². The normalized spacial score (nSPS) is 10.8. The number of amides is 1. The van der Waals surface area contributed by atoms with E-state index < -0.39 is 0 Å². The highest BCUT2D eigenvalue weighted by molar-refractivity contribution is 5.77. The first-order chi connectivity index (χ1) is 12.2. The van der Waals surface area contributed by atoms with Gasteiger partial charge in [0.15, 0.2) is 0 Å². The molecular weight excluding hydrogens is 314 g/mol. The van der Waals surface area contributed by atoms with Crippen LogP contribution in [-0.4, -0.2) is 29.4 Å². The predicted octanol–water partition coefficient (Wildman–Crippen LogP) is 3.09. The summed E-state index contributed by atoms with van der Waals surface area (Å²) in [6, 6.07) is 17.6. The molecule has 0 aliphatic rings. The van der Waals surface area contributed by atoms with Crippen molar-refractivity contribution in [2.24, 2.45) is 0 Å². The predicted molar refractivity (Wildman–Crippen MR) is 96.6 cm³/mol. The quantitative estimate of drug-likeness (QED) is 0.721. The van der Waals surface area contributed by atoms with Gasteiger partial charge in [-0.1, -0.05) is 30.3 Å². The Labute approximate surface area is 147 Å². The highest BCUT2D eigenvalue weighted by atomic mass is 16.3. The van der Waals surface area contributed by atoms with Gasteiger partial charge in [-0.3, -0.25) is 14.7 Å². The molecule has 0 aliphatic carbocycles. The van der Waals surface area contributed by atoms with Crippen molar-refractivity contribution in [1.82, 2.24) is 15.2 Å². The number of carbonyl (C=O) groups is 1. The lowest BCUT2D eigenvalue weighted by molar-refractivity contribution is -0.122. The number of furan rings is 1. The first-order valence-corrected chi connectivity index (χ1v) is 8.19. The van der Waals surface area contributed by atoms with Crippen molar-refractivity contribution < 1.29 is 9.21 Å². The lowest BCUT2D eigenvalue weighted by atomic mass is 10.2. The molecule has 2 aromatic heterocycles.